The molecule has 6 heteroatoms. The van der Waals surface area contributed by atoms with E-state index < -0.39 is 0 Å². The molecule has 0 saturated heterocycles. The number of nitrogens with zero attached hydrogens (tertiary/aromatic N) is 2. The average Bonchev–Trinajstić information content (AvgIpc) is 2.90. The van der Waals surface area contributed by atoms with Crippen LogP contribution in [-0.2, 0) is 13.1 Å². The van der Waals surface area contributed by atoms with Crippen LogP contribution in [0.1, 0.15) is 53.9 Å². The first kappa shape index (κ1) is 26.2. The molecule has 6 nitrogen and oxygen atoms in total. The summed E-state index contributed by atoms with van der Waals surface area (Å²) in [5.74, 6) is 0.167. The molecule has 0 saturated carbocycles. The van der Waals surface area contributed by atoms with Crippen LogP contribution < -0.4 is 10.6 Å². The molecule has 4 rings (SSSR count). The SMILES string of the molecule is CCCN(CCC)Cc1cc(CNC(=O)c2ccc(Nc3ccc4nc(C)ccc4c3)cc2)ccc1O. The number of phenols is 1. The molecule has 0 radical (unpaired) electrons. The third-order valence-corrected chi connectivity index (χ3v) is 6.33. The third-order valence-electron chi connectivity index (χ3n) is 6.33. The number of hydrogen-bond acceptors (Lipinski definition) is 5. The van der Waals surface area contributed by atoms with Crippen LogP contribution in [0, 0.1) is 6.92 Å². The number of nitrogens with one attached hydrogen (secondary N) is 2. The number of fused-ring (bicyclic) bond motifs is 1. The number of phenolic OH excluding ortho intramolecular Hbond substituents is 1. The van der Waals surface area contributed by atoms with Gasteiger partial charge in [-0.25, -0.2) is 0 Å². The maximum absolute atomic E-state index is 12.8. The maximum atomic E-state index is 12.8. The van der Waals surface area contributed by atoms with Crippen LogP contribution in [-0.4, -0.2) is 34.0 Å². The first-order chi connectivity index (χ1) is 17.9. The Labute approximate surface area is 219 Å². The van der Waals surface area contributed by atoms with Crippen LogP contribution >= 0.6 is 0 Å². The number of benzene rings is 3. The lowest BCUT2D eigenvalue weighted by Gasteiger charge is -2.22. The summed E-state index contributed by atoms with van der Waals surface area (Å²) in [5.41, 5.74) is 6.30. The molecular formula is C31H36N4O2. The van der Waals surface area contributed by atoms with Gasteiger partial charge in [-0.1, -0.05) is 26.0 Å². The summed E-state index contributed by atoms with van der Waals surface area (Å²) in [7, 11) is 0. The van der Waals surface area contributed by atoms with Gasteiger partial charge in [0.05, 0.1) is 5.52 Å². The molecule has 3 aromatic carbocycles. The molecule has 4 aromatic rings. The van der Waals surface area contributed by atoms with Gasteiger partial charge < -0.3 is 15.7 Å². The summed E-state index contributed by atoms with van der Waals surface area (Å²) in [6.07, 6.45) is 2.15. The van der Waals surface area contributed by atoms with Gasteiger partial charge in [0.1, 0.15) is 5.75 Å². The number of carbonyl (C=O) groups excluding carboxylic acids is 1. The van der Waals surface area contributed by atoms with E-state index in [0.29, 0.717) is 24.4 Å². The van der Waals surface area contributed by atoms with Crippen molar-refractivity contribution in [3.8, 4) is 5.75 Å². The van der Waals surface area contributed by atoms with E-state index in [4.69, 9.17) is 0 Å². The van der Waals surface area contributed by atoms with Gasteiger partial charge >= 0.3 is 0 Å². The number of anilines is 2. The van der Waals surface area contributed by atoms with Crippen molar-refractivity contribution in [3.63, 3.8) is 0 Å². The zero-order valence-corrected chi connectivity index (χ0v) is 21.9. The van der Waals surface area contributed by atoms with Crippen LogP contribution in [0.3, 0.4) is 0 Å². The highest BCUT2D eigenvalue weighted by Gasteiger charge is 2.11. The summed E-state index contributed by atoms with van der Waals surface area (Å²) in [6.45, 7) is 9.42. The summed E-state index contributed by atoms with van der Waals surface area (Å²) >= 11 is 0. The van der Waals surface area contributed by atoms with Crippen LogP contribution in [0.4, 0.5) is 11.4 Å². The zero-order chi connectivity index (χ0) is 26.2. The molecule has 1 amide bonds. The van der Waals surface area contributed by atoms with E-state index in [2.05, 4.69) is 46.5 Å². The fourth-order valence-corrected chi connectivity index (χ4v) is 4.48. The van der Waals surface area contributed by atoms with Gasteiger partial charge in [0.25, 0.3) is 5.91 Å². The Morgan fingerprint density at radius 3 is 2.35 bits per heavy atom. The Morgan fingerprint density at radius 1 is 0.892 bits per heavy atom. The van der Waals surface area contributed by atoms with Crippen LogP contribution in [0.15, 0.2) is 72.8 Å². The van der Waals surface area contributed by atoms with Crippen molar-refractivity contribution in [2.75, 3.05) is 18.4 Å². The van der Waals surface area contributed by atoms with Crippen LogP contribution in [0.25, 0.3) is 10.9 Å². The Hall–Kier alpha value is -3.90. The lowest BCUT2D eigenvalue weighted by atomic mass is 10.1. The predicted molar refractivity (Wildman–Crippen MR) is 151 cm³/mol. The van der Waals surface area contributed by atoms with Crippen molar-refractivity contribution in [2.24, 2.45) is 0 Å². The maximum Gasteiger partial charge on any atom is 0.251 e. The Balaban J connectivity index is 1.35. The Morgan fingerprint density at radius 2 is 1.62 bits per heavy atom. The molecule has 37 heavy (non-hydrogen) atoms. The highest BCUT2D eigenvalue weighted by Crippen LogP contribution is 2.23. The molecule has 3 N–H and O–H groups in total. The number of aryl methyl sites for hydroxylation is 1. The van der Waals surface area contributed by atoms with Crippen LogP contribution in [0.2, 0.25) is 0 Å². The summed E-state index contributed by atoms with van der Waals surface area (Å²) in [4.78, 5) is 19.7. The van der Waals surface area contributed by atoms with Crippen molar-refractivity contribution >= 4 is 28.2 Å². The molecule has 0 atom stereocenters. The van der Waals surface area contributed by atoms with Gasteiger partial charge in [-0.2, -0.15) is 0 Å². The molecular weight excluding hydrogens is 460 g/mol. The first-order valence-corrected chi connectivity index (χ1v) is 13.0. The van der Waals surface area contributed by atoms with Gasteiger partial charge in [0.2, 0.25) is 0 Å². The minimum Gasteiger partial charge on any atom is -0.508 e. The molecule has 0 spiro atoms. The summed E-state index contributed by atoms with van der Waals surface area (Å²) in [6, 6.07) is 23.2. The zero-order valence-electron chi connectivity index (χ0n) is 21.9. The van der Waals surface area contributed by atoms with E-state index in [1.54, 1.807) is 6.07 Å². The molecule has 0 aliphatic carbocycles. The van der Waals surface area contributed by atoms with E-state index in [-0.39, 0.29) is 5.91 Å². The molecule has 1 heterocycles. The number of amides is 1. The standard InChI is InChI=1S/C31H36N4O2/c1-4-16-35(17-5-2)21-26-18-23(7-15-30(26)36)20-32-31(37)24-9-11-27(12-10-24)34-28-13-14-29-25(19-28)8-6-22(3)33-29/h6-15,18-19,34,36H,4-5,16-17,20-21H2,1-3H3,(H,32,37). The fourth-order valence-electron chi connectivity index (χ4n) is 4.48. The monoisotopic (exact) mass is 496 g/mol. The number of carbonyl (C=O) groups is 1. The Kier molecular flexibility index (Phi) is 8.75. The van der Waals surface area contributed by atoms with Gasteiger partial charge in [-0.05, 0) is 99.1 Å². The van der Waals surface area contributed by atoms with E-state index in [0.717, 1.165) is 65.0 Å². The van der Waals surface area contributed by atoms with E-state index >= 15 is 0 Å². The second-order valence-corrected chi connectivity index (χ2v) is 9.48. The second kappa shape index (κ2) is 12.4. The molecule has 0 fully saturated rings. The number of aromatic nitrogens is 1. The van der Waals surface area contributed by atoms with Crippen molar-refractivity contribution < 1.29 is 9.90 Å². The van der Waals surface area contributed by atoms with Gasteiger partial charge in [-0.15, -0.1) is 0 Å². The summed E-state index contributed by atoms with van der Waals surface area (Å²) < 4.78 is 0. The van der Waals surface area contributed by atoms with Crippen molar-refractivity contribution in [1.29, 1.82) is 0 Å². The average molecular weight is 497 g/mol. The van der Waals surface area contributed by atoms with E-state index in [1.165, 1.54) is 0 Å². The Bertz CT molecular complexity index is 1350. The molecule has 0 aliphatic heterocycles. The molecule has 0 unspecified atom stereocenters. The second-order valence-electron chi connectivity index (χ2n) is 9.48. The third kappa shape index (κ3) is 7.08. The van der Waals surface area contributed by atoms with E-state index in [9.17, 15) is 9.90 Å². The molecule has 0 bridgehead atoms. The van der Waals surface area contributed by atoms with Crippen molar-refractivity contribution in [3.05, 3.63) is 95.2 Å². The fraction of sp³-hybridized carbons (Fsp3) is 0.290. The molecule has 0 aliphatic rings. The number of hydrogen-bond donors (Lipinski definition) is 3. The number of rotatable bonds is 11. The normalized spacial score (nSPS) is 11.1. The largest absolute Gasteiger partial charge is 0.508 e. The topological polar surface area (TPSA) is 77.5 Å². The van der Waals surface area contributed by atoms with Gasteiger partial charge in [0.15, 0.2) is 0 Å². The minimum atomic E-state index is -0.132. The highest BCUT2D eigenvalue weighted by atomic mass is 16.3. The van der Waals surface area contributed by atoms with Crippen LogP contribution in [0.5, 0.6) is 5.75 Å². The highest BCUT2D eigenvalue weighted by molar-refractivity contribution is 5.94. The van der Waals surface area contributed by atoms with E-state index in [1.807, 2.05) is 61.5 Å². The lowest BCUT2D eigenvalue weighted by Crippen LogP contribution is -2.25. The molecule has 1 aromatic heterocycles. The first-order valence-electron chi connectivity index (χ1n) is 13.0. The molecule has 192 valence electrons. The predicted octanol–water partition coefficient (Wildman–Crippen LogP) is 6.54. The number of aromatic hydroxyl groups is 1. The number of pyridine rings is 1. The quantitative estimate of drug-likeness (QED) is 0.220. The van der Waals surface area contributed by atoms with Gasteiger partial charge in [-0.3, -0.25) is 14.7 Å². The van der Waals surface area contributed by atoms with Crippen molar-refractivity contribution in [2.45, 2.75) is 46.7 Å². The smallest absolute Gasteiger partial charge is 0.251 e. The lowest BCUT2D eigenvalue weighted by molar-refractivity contribution is 0.0951. The minimum absolute atomic E-state index is 0.132. The van der Waals surface area contributed by atoms with Gasteiger partial charge in [0, 0.05) is 46.7 Å². The summed E-state index contributed by atoms with van der Waals surface area (Å²) in [5, 5.41) is 17.8. The van der Waals surface area contributed by atoms with Crippen molar-refractivity contribution in [1.82, 2.24) is 15.2 Å².